The van der Waals surface area contributed by atoms with Crippen molar-refractivity contribution in [2.24, 2.45) is 0 Å². The highest BCUT2D eigenvalue weighted by Crippen LogP contribution is 2.32. The Morgan fingerprint density at radius 1 is 1.17 bits per heavy atom. The maximum atomic E-state index is 12.7. The van der Waals surface area contributed by atoms with Crippen LogP contribution in [0.2, 0.25) is 5.02 Å². The summed E-state index contributed by atoms with van der Waals surface area (Å²) in [5, 5.41) is 0.578. The van der Waals surface area contributed by atoms with Gasteiger partial charge in [-0.2, -0.15) is 0 Å². The molecule has 120 valence electrons. The number of halogens is 1. The van der Waals surface area contributed by atoms with E-state index < -0.39 is 10.0 Å². The lowest BCUT2D eigenvalue weighted by Gasteiger charge is -2.19. The molecule has 0 spiro atoms. The monoisotopic (exact) mass is 349 g/mol. The first-order valence-corrected chi connectivity index (χ1v) is 9.24. The molecule has 0 aliphatic carbocycles. The van der Waals surface area contributed by atoms with Crippen LogP contribution in [-0.4, -0.2) is 20.7 Å². The summed E-state index contributed by atoms with van der Waals surface area (Å²) < 4.78 is 26.8. The molecule has 23 heavy (non-hydrogen) atoms. The van der Waals surface area contributed by atoms with Gasteiger partial charge in [0, 0.05) is 17.1 Å². The molecule has 0 radical (unpaired) electrons. The molecule has 0 saturated heterocycles. The van der Waals surface area contributed by atoms with Crippen LogP contribution in [0, 0.1) is 0 Å². The maximum Gasteiger partial charge on any atom is 0.239 e. The molecule has 4 nitrogen and oxygen atoms in total. The first-order valence-electron chi connectivity index (χ1n) is 7.25. The summed E-state index contributed by atoms with van der Waals surface area (Å²) in [4.78, 5) is 11.4. The van der Waals surface area contributed by atoms with E-state index in [0.717, 1.165) is 5.56 Å². The summed E-state index contributed by atoms with van der Waals surface area (Å²) in [6.45, 7) is 1.92. The summed E-state index contributed by atoms with van der Waals surface area (Å²) >= 11 is 5.83. The maximum absolute atomic E-state index is 12.7. The van der Waals surface area contributed by atoms with E-state index in [1.54, 1.807) is 42.5 Å². The zero-order valence-corrected chi connectivity index (χ0v) is 14.2. The van der Waals surface area contributed by atoms with E-state index in [9.17, 15) is 13.2 Å². The molecule has 0 atom stereocenters. The van der Waals surface area contributed by atoms with Gasteiger partial charge in [0.2, 0.25) is 10.0 Å². The molecule has 1 aliphatic rings. The Morgan fingerprint density at radius 3 is 2.52 bits per heavy atom. The molecule has 1 aliphatic heterocycles. The average molecular weight is 350 g/mol. The van der Waals surface area contributed by atoms with Gasteiger partial charge in [-0.25, -0.2) is 8.42 Å². The Hall–Kier alpha value is -1.85. The second-order valence-electron chi connectivity index (χ2n) is 5.60. The normalized spacial score (nSPS) is 13.9. The van der Waals surface area contributed by atoms with Gasteiger partial charge in [-0.15, -0.1) is 0 Å². The molecule has 2 aromatic rings. The van der Waals surface area contributed by atoms with Crippen molar-refractivity contribution in [1.82, 2.24) is 0 Å². The average Bonchev–Trinajstić information content (AvgIpc) is 2.93. The van der Waals surface area contributed by atoms with Crippen LogP contribution in [0.3, 0.4) is 0 Å². The highest BCUT2D eigenvalue weighted by Gasteiger charge is 2.29. The molecule has 3 rings (SSSR count). The molecular formula is C17H16ClNO3S. The minimum absolute atomic E-state index is 0.0183. The molecule has 0 saturated carbocycles. The summed E-state index contributed by atoms with van der Waals surface area (Å²) in [5.41, 5.74) is 2.88. The second kappa shape index (κ2) is 5.98. The number of ketones is 1. The molecule has 2 aromatic carbocycles. The van der Waals surface area contributed by atoms with Gasteiger partial charge < -0.3 is 0 Å². The molecule has 0 fully saturated rings. The second-order valence-corrected chi connectivity index (χ2v) is 7.93. The summed E-state index contributed by atoms with van der Waals surface area (Å²) in [6.07, 6.45) is 0.621. The number of hydrogen-bond donors (Lipinski definition) is 0. The van der Waals surface area contributed by atoms with E-state index >= 15 is 0 Å². The lowest BCUT2D eigenvalue weighted by molar-refractivity contribution is 0.101. The fraction of sp³-hybridized carbons (Fsp3) is 0.235. The van der Waals surface area contributed by atoms with Crippen molar-refractivity contribution < 1.29 is 13.2 Å². The van der Waals surface area contributed by atoms with E-state index in [0.29, 0.717) is 34.8 Å². The van der Waals surface area contributed by atoms with E-state index in [1.165, 1.54) is 11.2 Å². The number of anilines is 1. The number of benzene rings is 2. The van der Waals surface area contributed by atoms with Crippen LogP contribution < -0.4 is 4.31 Å². The Bertz CT molecular complexity index is 860. The minimum Gasteiger partial charge on any atom is -0.295 e. The van der Waals surface area contributed by atoms with Crippen LogP contribution in [0.4, 0.5) is 5.69 Å². The largest absolute Gasteiger partial charge is 0.295 e. The fourth-order valence-electron chi connectivity index (χ4n) is 2.75. The third-order valence-corrected chi connectivity index (χ3v) is 5.94. The zero-order valence-electron chi connectivity index (χ0n) is 12.6. The number of carbonyl (C=O) groups is 1. The fourth-order valence-corrected chi connectivity index (χ4v) is 4.49. The van der Waals surface area contributed by atoms with Crippen molar-refractivity contribution >= 4 is 33.1 Å². The number of nitrogens with zero attached hydrogens (tertiary/aromatic N) is 1. The molecule has 0 amide bonds. The first kappa shape index (κ1) is 16.0. The van der Waals surface area contributed by atoms with Crippen molar-refractivity contribution in [3.8, 4) is 0 Å². The summed E-state index contributed by atoms with van der Waals surface area (Å²) in [7, 11) is -3.47. The van der Waals surface area contributed by atoms with Crippen molar-refractivity contribution in [3.05, 3.63) is 64.2 Å². The van der Waals surface area contributed by atoms with Crippen molar-refractivity contribution in [3.63, 3.8) is 0 Å². The topological polar surface area (TPSA) is 54.5 Å². The molecule has 0 unspecified atom stereocenters. The molecule has 0 bridgehead atoms. The van der Waals surface area contributed by atoms with E-state index in [1.807, 2.05) is 0 Å². The number of carbonyl (C=O) groups excluding carboxylic acids is 1. The third-order valence-electron chi connectivity index (χ3n) is 3.94. The molecule has 6 heteroatoms. The van der Waals surface area contributed by atoms with Crippen molar-refractivity contribution in [1.29, 1.82) is 0 Å². The van der Waals surface area contributed by atoms with Gasteiger partial charge in [-0.1, -0.05) is 23.7 Å². The number of Topliss-reactive ketones (excluding diaryl/α,β-unsaturated/α-hetero) is 1. The standard InChI is InChI=1S/C17H16ClNO3S/c1-12(20)14-4-7-17-15(10-14)8-9-19(17)23(21,22)11-13-2-5-16(18)6-3-13/h2-7,10H,8-9,11H2,1H3. The Labute approximate surface area is 140 Å². The first-order chi connectivity index (χ1) is 10.9. The predicted octanol–water partition coefficient (Wildman–Crippen LogP) is 3.44. The highest BCUT2D eigenvalue weighted by molar-refractivity contribution is 7.92. The van der Waals surface area contributed by atoms with Crippen LogP contribution in [0.15, 0.2) is 42.5 Å². The van der Waals surface area contributed by atoms with Crippen LogP contribution in [-0.2, 0) is 22.2 Å². The number of hydrogen-bond acceptors (Lipinski definition) is 3. The highest BCUT2D eigenvalue weighted by atomic mass is 35.5. The Balaban J connectivity index is 1.88. The molecule has 0 aromatic heterocycles. The van der Waals surface area contributed by atoms with Crippen LogP contribution in [0.1, 0.15) is 28.4 Å². The summed E-state index contributed by atoms with van der Waals surface area (Å²) in [6, 6.07) is 12.0. The molecule has 1 heterocycles. The number of rotatable bonds is 4. The lowest BCUT2D eigenvalue weighted by Crippen LogP contribution is -2.30. The number of sulfonamides is 1. The Morgan fingerprint density at radius 2 is 1.87 bits per heavy atom. The summed E-state index contributed by atoms with van der Waals surface area (Å²) in [5.74, 6) is -0.0896. The van der Waals surface area contributed by atoms with Gasteiger partial charge in [0.25, 0.3) is 0 Å². The van der Waals surface area contributed by atoms with Crippen molar-refractivity contribution in [2.75, 3.05) is 10.8 Å². The molecular weight excluding hydrogens is 334 g/mol. The van der Waals surface area contributed by atoms with E-state index in [2.05, 4.69) is 0 Å². The Kier molecular flexibility index (Phi) is 4.17. The van der Waals surface area contributed by atoms with Gasteiger partial charge in [0.05, 0.1) is 11.4 Å². The van der Waals surface area contributed by atoms with Gasteiger partial charge in [-0.3, -0.25) is 9.10 Å². The van der Waals surface area contributed by atoms with E-state index in [-0.39, 0.29) is 11.5 Å². The van der Waals surface area contributed by atoms with Gasteiger partial charge in [-0.05, 0) is 54.8 Å². The zero-order chi connectivity index (χ0) is 16.6. The van der Waals surface area contributed by atoms with Crippen LogP contribution in [0.25, 0.3) is 0 Å². The van der Waals surface area contributed by atoms with Crippen molar-refractivity contribution in [2.45, 2.75) is 19.1 Å². The quantitative estimate of drug-likeness (QED) is 0.794. The third kappa shape index (κ3) is 3.26. The number of fused-ring (bicyclic) bond motifs is 1. The van der Waals surface area contributed by atoms with E-state index in [4.69, 9.17) is 11.6 Å². The molecule has 0 N–H and O–H groups in total. The van der Waals surface area contributed by atoms with Crippen LogP contribution >= 0.6 is 11.6 Å². The van der Waals surface area contributed by atoms with Gasteiger partial charge >= 0.3 is 0 Å². The van der Waals surface area contributed by atoms with Gasteiger partial charge in [0.1, 0.15) is 0 Å². The smallest absolute Gasteiger partial charge is 0.239 e. The SMILES string of the molecule is CC(=O)c1ccc2c(c1)CCN2S(=O)(=O)Cc1ccc(Cl)cc1. The predicted molar refractivity (Wildman–Crippen MR) is 91.6 cm³/mol. The lowest BCUT2D eigenvalue weighted by atomic mass is 10.1. The minimum atomic E-state index is -3.47. The van der Waals surface area contributed by atoms with Crippen LogP contribution in [0.5, 0.6) is 0 Å². The van der Waals surface area contributed by atoms with Gasteiger partial charge in [0.15, 0.2) is 5.78 Å².